The summed E-state index contributed by atoms with van der Waals surface area (Å²) < 4.78 is 1.78. The quantitative estimate of drug-likeness (QED) is 0.312. The molecule has 7 heteroatoms. The number of nitro groups is 1. The van der Waals surface area contributed by atoms with Crippen molar-refractivity contribution in [1.29, 1.82) is 0 Å². The van der Waals surface area contributed by atoms with Gasteiger partial charge in [-0.05, 0) is 50.2 Å². The fraction of sp³-hybridized carbons (Fsp3) is 0.0870. The summed E-state index contributed by atoms with van der Waals surface area (Å²) in [6.45, 7) is 3.65. The monoisotopic (exact) mass is 395 g/mol. The lowest BCUT2D eigenvalue weighted by Gasteiger charge is -2.08. The summed E-state index contributed by atoms with van der Waals surface area (Å²) in [5.74, 6) is 0. The fourth-order valence-corrected chi connectivity index (χ4v) is 3.72. The van der Waals surface area contributed by atoms with Crippen molar-refractivity contribution in [1.82, 2.24) is 19.4 Å². The molecule has 0 radical (unpaired) electrons. The van der Waals surface area contributed by atoms with Crippen molar-refractivity contribution in [3.05, 3.63) is 88.4 Å². The molecule has 0 aliphatic rings. The van der Waals surface area contributed by atoms with Crippen LogP contribution in [0.15, 0.2) is 67.0 Å². The van der Waals surface area contributed by atoms with E-state index >= 15 is 0 Å². The summed E-state index contributed by atoms with van der Waals surface area (Å²) in [7, 11) is 0. The minimum atomic E-state index is -0.368. The number of rotatable bonds is 3. The zero-order valence-electron chi connectivity index (χ0n) is 16.4. The van der Waals surface area contributed by atoms with Crippen molar-refractivity contribution in [2.75, 3.05) is 0 Å². The molecule has 0 aliphatic carbocycles. The number of aryl methyl sites for hydroxylation is 2. The molecule has 0 amide bonds. The summed E-state index contributed by atoms with van der Waals surface area (Å²) in [5, 5.41) is 12.5. The molecule has 0 saturated carbocycles. The van der Waals surface area contributed by atoms with Crippen molar-refractivity contribution in [3.8, 4) is 22.6 Å². The maximum Gasteiger partial charge on any atom is 0.288 e. The standard InChI is InChI=1S/C23H17N5O2/c1-14-11-21-26-22(19-7-3-5-15(2)25-19)23(27(21)13-20(14)28(29)30)17-8-9-18-16(12-17)6-4-10-24-18/h3-13H,1-2H3. The molecule has 0 N–H and O–H groups in total. The first kappa shape index (κ1) is 17.9. The predicted octanol–water partition coefficient (Wildman–Crippen LogP) is 5.14. The van der Waals surface area contributed by atoms with Crippen LogP contribution in [0.5, 0.6) is 0 Å². The maximum atomic E-state index is 11.6. The van der Waals surface area contributed by atoms with Gasteiger partial charge in [0.15, 0.2) is 0 Å². The molecule has 5 aromatic rings. The first-order valence-corrected chi connectivity index (χ1v) is 9.47. The van der Waals surface area contributed by atoms with Crippen molar-refractivity contribution in [2.45, 2.75) is 13.8 Å². The molecule has 0 atom stereocenters. The lowest BCUT2D eigenvalue weighted by molar-refractivity contribution is -0.385. The smallest absolute Gasteiger partial charge is 0.288 e. The number of nitrogens with zero attached hydrogens (tertiary/aromatic N) is 5. The highest BCUT2D eigenvalue weighted by Crippen LogP contribution is 2.35. The Hall–Kier alpha value is -4.13. The average molecular weight is 395 g/mol. The predicted molar refractivity (Wildman–Crippen MR) is 115 cm³/mol. The molecule has 7 nitrogen and oxygen atoms in total. The molecule has 0 aliphatic heterocycles. The molecule has 0 saturated heterocycles. The van der Waals surface area contributed by atoms with Crippen molar-refractivity contribution in [3.63, 3.8) is 0 Å². The normalized spacial score (nSPS) is 11.3. The van der Waals surface area contributed by atoms with Gasteiger partial charge in [-0.15, -0.1) is 0 Å². The fourth-order valence-electron chi connectivity index (χ4n) is 3.72. The van der Waals surface area contributed by atoms with E-state index in [1.807, 2.05) is 55.5 Å². The molecular weight excluding hydrogens is 378 g/mol. The second kappa shape index (κ2) is 6.73. The highest BCUT2D eigenvalue weighted by Gasteiger charge is 2.21. The molecule has 1 aromatic carbocycles. The van der Waals surface area contributed by atoms with E-state index in [0.717, 1.165) is 33.5 Å². The Morgan fingerprint density at radius 2 is 1.87 bits per heavy atom. The number of imidazole rings is 1. The second-order valence-corrected chi connectivity index (χ2v) is 7.21. The van der Waals surface area contributed by atoms with Crippen LogP contribution in [0.4, 0.5) is 5.69 Å². The van der Waals surface area contributed by atoms with Gasteiger partial charge in [-0.2, -0.15) is 0 Å². The molecule has 0 spiro atoms. The van der Waals surface area contributed by atoms with Crippen LogP contribution in [-0.2, 0) is 0 Å². The summed E-state index contributed by atoms with van der Waals surface area (Å²) in [4.78, 5) is 25.0. The van der Waals surface area contributed by atoms with Gasteiger partial charge in [-0.3, -0.25) is 24.5 Å². The van der Waals surface area contributed by atoms with Gasteiger partial charge in [0.05, 0.1) is 28.0 Å². The Balaban J connectivity index is 1.87. The lowest BCUT2D eigenvalue weighted by atomic mass is 10.0. The SMILES string of the molecule is Cc1cccc(-c2nc3cc(C)c([N+](=O)[O-])cn3c2-c2ccc3ncccc3c2)n1. The maximum absolute atomic E-state index is 11.6. The van der Waals surface area contributed by atoms with Crippen LogP contribution in [0.25, 0.3) is 39.2 Å². The second-order valence-electron chi connectivity index (χ2n) is 7.21. The molecule has 0 unspecified atom stereocenters. The molecule has 0 fully saturated rings. The number of benzene rings is 1. The number of fused-ring (bicyclic) bond motifs is 2. The summed E-state index contributed by atoms with van der Waals surface area (Å²) in [5.41, 5.74) is 6.06. The van der Waals surface area contributed by atoms with E-state index in [0.29, 0.717) is 16.9 Å². The zero-order chi connectivity index (χ0) is 20.8. The third kappa shape index (κ3) is 2.88. The summed E-state index contributed by atoms with van der Waals surface area (Å²) in [6.07, 6.45) is 3.30. The average Bonchev–Trinajstić information content (AvgIpc) is 3.11. The van der Waals surface area contributed by atoms with Crippen molar-refractivity contribution >= 4 is 22.2 Å². The Morgan fingerprint density at radius 1 is 1.00 bits per heavy atom. The van der Waals surface area contributed by atoms with Crippen LogP contribution in [0, 0.1) is 24.0 Å². The number of aromatic nitrogens is 4. The zero-order valence-corrected chi connectivity index (χ0v) is 16.4. The van der Waals surface area contributed by atoms with Gasteiger partial charge in [-0.25, -0.2) is 4.98 Å². The molecule has 146 valence electrons. The van der Waals surface area contributed by atoms with Gasteiger partial charge in [0.1, 0.15) is 11.3 Å². The van der Waals surface area contributed by atoms with Gasteiger partial charge < -0.3 is 0 Å². The molecular formula is C23H17N5O2. The van der Waals surface area contributed by atoms with Gasteiger partial charge in [-0.1, -0.05) is 18.2 Å². The third-order valence-electron chi connectivity index (χ3n) is 5.14. The van der Waals surface area contributed by atoms with E-state index in [-0.39, 0.29) is 10.6 Å². The third-order valence-corrected chi connectivity index (χ3v) is 5.14. The van der Waals surface area contributed by atoms with Gasteiger partial charge in [0.25, 0.3) is 5.69 Å². The van der Waals surface area contributed by atoms with Gasteiger partial charge in [0, 0.05) is 28.4 Å². The van der Waals surface area contributed by atoms with Crippen LogP contribution >= 0.6 is 0 Å². The first-order chi connectivity index (χ1) is 14.5. The van der Waals surface area contributed by atoms with E-state index in [4.69, 9.17) is 4.98 Å². The molecule has 30 heavy (non-hydrogen) atoms. The van der Waals surface area contributed by atoms with E-state index in [1.54, 1.807) is 29.8 Å². The van der Waals surface area contributed by atoms with Crippen LogP contribution < -0.4 is 0 Å². The molecule has 4 aromatic heterocycles. The van der Waals surface area contributed by atoms with Crippen molar-refractivity contribution in [2.24, 2.45) is 0 Å². The van der Waals surface area contributed by atoms with Gasteiger partial charge in [0.2, 0.25) is 0 Å². The Bertz CT molecular complexity index is 1460. The highest BCUT2D eigenvalue weighted by molar-refractivity contribution is 5.88. The summed E-state index contributed by atoms with van der Waals surface area (Å²) >= 11 is 0. The highest BCUT2D eigenvalue weighted by atomic mass is 16.6. The van der Waals surface area contributed by atoms with Crippen molar-refractivity contribution < 1.29 is 4.92 Å². The number of hydrogen-bond acceptors (Lipinski definition) is 5. The van der Waals surface area contributed by atoms with Gasteiger partial charge >= 0.3 is 0 Å². The van der Waals surface area contributed by atoms with Crippen LogP contribution in [0.3, 0.4) is 0 Å². The van der Waals surface area contributed by atoms with E-state index in [2.05, 4.69) is 9.97 Å². The van der Waals surface area contributed by atoms with E-state index in [1.165, 1.54) is 0 Å². The summed E-state index contributed by atoms with van der Waals surface area (Å²) in [6, 6.07) is 17.3. The first-order valence-electron chi connectivity index (χ1n) is 9.47. The lowest BCUT2D eigenvalue weighted by Crippen LogP contribution is -1.97. The molecule has 4 heterocycles. The molecule has 5 rings (SSSR count). The minimum Gasteiger partial charge on any atom is -0.292 e. The number of hydrogen-bond donors (Lipinski definition) is 0. The number of pyridine rings is 3. The van der Waals surface area contributed by atoms with Crippen LogP contribution in [0.2, 0.25) is 0 Å². The van der Waals surface area contributed by atoms with E-state index in [9.17, 15) is 10.1 Å². The minimum absolute atomic E-state index is 0.0485. The molecule has 0 bridgehead atoms. The topological polar surface area (TPSA) is 86.2 Å². The van der Waals surface area contributed by atoms with E-state index < -0.39 is 0 Å². The Kier molecular flexibility index (Phi) is 4.03. The Labute approximate surface area is 171 Å². The van der Waals surface area contributed by atoms with Crippen LogP contribution in [0.1, 0.15) is 11.3 Å². The van der Waals surface area contributed by atoms with Crippen LogP contribution in [-0.4, -0.2) is 24.3 Å². The largest absolute Gasteiger partial charge is 0.292 e. The Morgan fingerprint density at radius 3 is 2.67 bits per heavy atom.